The molecule has 0 aliphatic rings. The molecule has 10 heteroatoms. The van der Waals surface area contributed by atoms with Gasteiger partial charge >= 0.3 is 0 Å². The Morgan fingerprint density at radius 3 is 2.26 bits per heavy atom. The largest absolute Gasteiger partial charge is 0.383 e. The van der Waals surface area contributed by atoms with Gasteiger partial charge in [0.2, 0.25) is 5.95 Å². The molecule has 0 bridgehead atoms. The molecule has 3 rings (SSSR count). The number of ketones is 2. The number of aromatic nitrogens is 2. The molecule has 0 spiro atoms. The number of carbonyl (C=O) groups is 3. The third-order valence-corrected chi connectivity index (χ3v) is 5.14. The number of hydrogen-bond acceptors (Lipinski definition) is 9. The monoisotopic (exact) mass is 461 g/mol. The molecule has 0 saturated carbocycles. The van der Waals surface area contributed by atoms with Crippen LogP contribution in [-0.2, 0) is 9.59 Å². The number of hydrogen-bond donors (Lipinski definition) is 3. The van der Waals surface area contributed by atoms with Crippen LogP contribution in [0.3, 0.4) is 0 Å². The van der Waals surface area contributed by atoms with Gasteiger partial charge in [-0.15, -0.1) is 0 Å². The van der Waals surface area contributed by atoms with Gasteiger partial charge in [0.25, 0.3) is 5.91 Å². The summed E-state index contributed by atoms with van der Waals surface area (Å²) in [4.78, 5) is 44.5. The van der Waals surface area contributed by atoms with Gasteiger partial charge in [-0.3, -0.25) is 9.59 Å². The van der Waals surface area contributed by atoms with Crippen molar-refractivity contribution >= 4 is 51.5 Å². The number of azo groups is 1. The van der Waals surface area contributed by atoms with Gasteiger partial charge < -0.3 is 21.6 Å². The van der Waals surface area contributed by atoms with Crippen molar-refractivity contribution in [1.82, 2.24) is 15.3 Å². The molecule has 0 aliphatic carbocycles. The van der Waals surface area contributed by atoms with Crippen molar-refractivity contribution in [2.45, 2.75) is 39.7 Å². The Kier molecular flexibility index (Phi) is 7.62. The van der Waals surface area contributed by atoms with Crippen molar-refractivity contribution < 1.29 is 14.4 Å². The molecule has 0 unspecified atom stereocenters. The van der Waals surface area contributed by atoms with E-state index in [1.807, 2.05) is 0 Å². The number of nitrogens with one attached hydrogen (secondary N) is 1. The standard InChI is InChI=1S/C24H27N7O3/c1-13(2)21(33)20(10-4-14(3)32)27-23(34)15-5-7-16(8-6-15)30-31-17-9-11-19-18(12-17)22(25)29-24(26)28-19/h5-9,11-13,20H,4,10H2,1-3H3,(H,27,34)(H4,25,26,28,29)/t20-/m0/s1. The number of Topliss-reactive ketones (excluding diaryl/α,β-unsaturated/α-hetero) is 2. The summed E-state index contributed by atoms with van der Waals surface area (Å²) in [5.41, 5.74) is 13.6. The fourth-order valence-corrected chi connectivity index (χ4v) is 3.29. The second-order valence-electron chi connectivity index (χ2n) is 8.24. The summed E-state index contributed by atoms with van der Waals surface area (Å²) in [5, 5.41) is 11.8. The molecule has 1 atom stereocenters. The van der Waals surface area contributed by atoms with Gasteiger partial charge in [0.1, 0.15) is 11.6 Å². The molecule has 0 radical (unpaired) electrons. The van der Waals surface area contributed by atoms with Crippen molar-refractivity contribution in [1.29, 1.82) is 0 Å². The maximum atomic E-state index is 12.7. The average molecular weight is 462 g/mol. The van der Waals surface area contributed by atoms with Crippen LogP contribution in [0.15, 0.2) is 52.7 Å². The Bertz CT molecular complexity index is 1250. The van der Waals surface area contributed by atoms with E-state index in [9.17, 15) is 14.4 Å². The van der Waals surface area contributed by atoms with Crippen LogP contribution >= 0.6 is 0 Å². The predicted octanol–water partition coefficient (Wildman–Crippen LogP) is 3.90. The van der Waals surface area contributed by atoms with Gasteiger partial charge in [0.15, 0.2) is 5.78 Å². The van der Waals surface area contributed by atoms with E-state index in [4.69, 9.17) is 11.5 Å². The van der Waals surface area contributed by atoms with E-state index in [1.54, 1.807) is 56.3 Å². The van der Waals surface area contributed by atoms with Crippen molar-refractivity contribution in [3.8, 4) is 0 Å². The quantitative estimate of drug-likeness (QED) is 0.406. The van der Waals surface area contributed by atoms with Crippen LogP contribution < -0.4 is 16.8 Å². The first-order valence-electron chi connectivity index (χ1n) is 10.8. The third kappa shape index (κ3) is 6.18. The van der Waals surface area contributed by atoms with Gasteiger partial charge in [-0.25, -0.2) is 4.98 Å². The van der Waals surface area contributed by atoms with Crippen LogP contribution in [0.25, 0.3) is 10.9 Å². The number of rotatable bonds is 9. The number of nitrogens with zero attached hydrogens (tertiary/aromatic N) is 4. The molecule has 1 aromatic heterocycles. The first kappa shape index (κ1) is 24.4. The molecule has 2 aromatic carbocycles. The summed E-state index contributed by atoms with van der Waals surface area (Å²) in [6.07, 6.45) is 0.501. The normalized spacial score (nSPS) is 12.2. The van der Waals surface area contributed by atoms with Gasteiger partial charge in [-0.2, -0.15) is 15.2 Å². The smallest absolute Gasteiger partial charge is 0.251 e. The lowest BCUT2D eigenvalue weighted by Crippen LogP contribution is -2.43. The highest BCUT2D eigenvalue weighted by Gasteiger charge is 2.23. The highest BCUT2D eigenvalue weighted by Crippen LogP contribution is 2.26. The minimum absolute atomic E-state index is 0.0312. The maximum absolute atomic E-state index is 12.7. The minimum atomic E-state index is -0.713. The minimum Gasteiger partial charge on any atom is -0.383 e. The zero-order valence-corrected chi connectivity index (χ0v) is 19.3. The van der Waals surface area contributed by atoms with E-state index < -0.39 is 11.9 Å². The lowest BCUT2D eigenvalue weighted by Gasteiger charge is -2.19. The zero-order chi connectivity index (χ0) is 24.8. The molecule has 5 N–H and O–H groups in total. The van der Waals surface area contributed by atoms with E-state index in [2.05, 4.69) is 25.5 Å². The summed E-state index contributed by atoms with van der Waals surface area (Å²) in [5.74, 6) is -0.431. The second kappa shape index (κ2) is 10.6. The zero-order valence-electron chi connectivity index (χ0n) is 19.3. The predicted molar refractivity (Wildman–Crippen MR) is 130 cm³/mol. The van der Waals surface area contributed by atoms with Crippen molar-refractivity contribution in [2.24, 2.45) is 16.1 Å². The van der Waals surface area contributed by atoms with Gasteiger partial charge in [0, 0.05) is 23.3 Å². The second-order valence-corrected chi connectivity index (χ2v) is 8.24. The summed E-state index contributed by atoms with van der Waals surface area (Å²) >= 11 is 0. The number of nitrogen functional groups attached to an aromatic ring is 2. The topological polar surface area (TPSA) is 166 Å². The third-order valence-electron chi connectivity index (χ3n) is 5.14. The molecule has 1 heterocycles. The molecular formula is C24H27N7O3. The van der Waals surface area contributed by atoms with Crippen LogP contribution in [0.2, 0.25) is 0 Å². The molecule has 176 valence electrons. The lowest BCUT2D eigenvalue weighted by atomic mass is 9.96. The fraction of sp³-hybridized carbons (Fsp3) is 0.292. The van der Waals surface area contributed by atoms with Gasteiger partial charge in [-0.1, -0.05) is 13.8 Å². The van der Waals surface area contributed by atoms with Crippen LogP contribution in [0, 0.1) is 5.92 Å². The molecular weight excluding hydrogens is 434 g/mol. The summed E-state index contributed by atoms with van der Waals surface area (Å²) in [6, 6.07) is 10.9. The van der Waals surface area contributed by atoms with Crippen molar-refractivity contribution in [3.63, 3.8) is 0 Å². The van der Waals surface area contributed by atoms with Crippen LogP contribution in [0.4, 0.5) is 23.1 Å². The Morgan fingerprint density at radius 1 is 0.971 bits per heavy atom. The molecule has 10 nitrogen and oxygen atoms in total. The highest BCUT2D eigenvalue weighted by atomic mass is 16.2. The summed E-state index contributed by atoms with van der Waals surface area (Å²) in [6.45, 7) is 4.99. The first-order chi connectivity index (χ1) is 16.1. The average Bonchev–Trinajstić information content (AvgIpc) is 2.80. The molecule has 0 saturated heterocycles. The number of fused-ring (bicyclic) bond motifs is 1. The number of nitrogens with two attached hydrogens (primary N) is 2. The maximum Gasteiger partial charge on any atom is 0.251 e. The molecule has 1 amide bonds. The SMILES string of the molecule is CC(=O)CC[C@H](NC(=O)c1ccc(N=Nc2ccc3nc(N)nc(N)c3c2)cc1)C(=O)C(C)C. The first-order valence-corrected chi connectivity index (χ1v) is 10.8. The molecule has 0 fully saturated rings. The van der Waals surface area contributed by atoms with E-state index in [-0.39, 0.29) is 42.1 Å². The Morgan fingerprint density at radius 2 is 1.62 bits per heavy atom. The number of anilines is 2. The van der Waals surface area contributed by atoms with Gasteiger partial charge in [0.05, 0.1) is 22.9 Å². The van der Waals surface area contributed by atoms with Gasteiger partial charge in [-0.05, 0) is 55.8 Å². The number of benzene rings is 2. The van der Waals surface area contributed by atoms with Crippen LogP contribution in [0.1, 0.15) is 44.0 Å². The fourth-order valence-electron chi connectivity index (χ4n) is 3.29. The van der Waals surface area contributed by atoms with E-state index in [0.717, 1.165) is 0 Å². The Balaban J connectivity index is 1.70. The van der Waals surface area contributed by atoms with E-state index in [1.165, 1.54) is 6.92 Å². The van der Waals surface area contributed by atoms with E-state index in [0.29, 0.717) is 27.8 Å². The molecule has 34 heavy (non-hydrogen) atoms. The number of amides is 1. The van der Waals surface area contributed by atoms with Crippen LogP contribution in [-0.4, -0.2) is 33.5 Å². The van der Waals surface area contributed by atoms with Crippen LogP contribution in [0.5, 0.6) is 0 Å². The van der Waals surface area contributed by atoms with Crippen molar-refractivity contribution in [3.05, 3.63) is 48.0 Å². The highest BCUT2D eigenvalue weighted by molar-refractivity contribution is 5.98. The summed E-state index contributed by atoms with van der Waals surface area (Å²) < 4.78 is 0. The molecule has 0 aliphatic heterocycles. The Labute approximate surface area is 196 Å². The lowest BCUT2D eigenvalue weighted by molar-refractivity contribution is -0.124. The summed E-state index contributed by atoms with van der Waals surface area (Å²) in [7, 11) is 0. The van der Waals surface area contributed by atoms with Crippen molar-refractivity contribution in [2.75, 3.05) is 11.5 Å². The molecule has 3 aromatic rings. The number of carbonyl (C=O) groups excluding carboxylic acids is 3. The Hall–Kier alpha value is -4.21. The van der Waals surface area contributed by atoms with E-state index >= 15 is 0 Å².